The highest BCUT2D eigenvalue weighted by atomic mass is 16.5. The first-order valence-corrected chi connectivity index (χ1v) is 3.23. The van der Waals surface area contributed by atoms with Gasteiger partial charge in [-0.3, -0.25) is 0 Å². The molecule has 0 aromatic carbocycles. The lowest BCUT2D eigenvalue weighted by Crippen LogP contribution is -2.13. The Morgan fingerprint density at radius 3 is 3.00 bits per heavy atom. The maximum atomic E-state index is 8.93. The van der Waals surface area contributed by atoms with Gasteiger partial charge in [0.05, 0.1) is 11.9 Å². The van der Waals surface area contributed by atoms with Crippen LogP contribution in [0.25, 0.3) is 0 Å². The predicted molar refractivity (Wildman–Crippen MR) is 35.4 cm³/mol. The number of rotatable bonds is 1. The van der Waals surface area contributed by atoms with Gasteiger partial charge in [0.25, 0.3) is 0 Å². The van der Waals surface area contributed by atoms with Crippen molar-refractivity contribution in [2.45, 2.75) is 25.4 Å². The molecule has 0 heterocycles. The Labute approximate surface area is 55.1 Å². The van der Waals surface area contributed by atoms with Crippen LogP contribution in [-0.4, -0.2) is 18.3 Å². The van der Waals surface area contributed by atoms with E-state index in [1.165, 1.54) is 0 Å². The quantitative estimate of drug-likeness (QED) is 0.581. The average molecular weight is 128 g/mol. The summed E-state index contributed by atoms with van der Waals surface area (Å²) in [7, 11) is 1.71. The van der Waals surface area contributed by atoms with E-state index in [-0.39, 0.29) is 0 Å². The van der Waals surface area contributed by atoms with E-state index < -0.39 is 0 Å². The van der Waals surface area contributed by atoms with Crippen molar-refractivity contribution in [2.75, 3.05) is 7.11 Å². The molecule has 0 fully saturated rings. The Morgan fingerprint density at radius 1 is 1.78 bits per heavy atom. The molecule has 0 amide bonds. The monoisotopic (exact) mass is 128 g/mol. The highest BCUT2D eigenvalue weighted by Crippen LogP contribution is 2.17. The first-order valence-electron chi connectivity index (χ1n) is 3.23. The van der Waals surface area contributed by atoms with Gasteiger partial charge in [-0.2, -0.15) is 0 Å². The molecule has 0 aromatic rings. The second-order valence-electron chi connectivity index (χ2n) is 2.33. The van der Waals surface area contributed by atoms with E-state index in [1.54, 1.807) is 7.11 Å². The van der Waals surface area contributed by atoms with Gasteiger partial charge in [-0.1, -0.05) is 0 Å². The highest BCUT2D eigenvalue weighted by Gasteiger charge is 2.11. The van der Waals surface area contributed by atoms with E-state index in [2.05, 4.69) is 0 Å². The van der Waals surface area contributed by atoms with Crippen LogP contribution in [0.4, 0.5) is 0 Å². The fourth-order valence-corrected chi connectivity index (χ4v) is 1.01. The number of allylic oxidation sites excluding steroid dienone is 1. The van der Waals surface area contributed by atoms with Crippen LogP contribution >= 0.6 is 0 Å². The Kier molecular flexibility index (Phi) is 2.11. The number of ether oxygens (including phenoxy) is 1. The van der Waals surface area contributed by atoms with Gasteiger partial charge in [0.15, 0.2) is 0 Å². The fourth-order valence-electron chi connectivity index (χ4n) is 1.01. The normalized spacial score (nSPS) is 27.7. The van der Waals surface area contributed by atoms with Crippen LogP contribution in [0.1, 0.15) is 19.3 Å². The number of hydrogen-bond acceptors (Lipinski definition) is 2. The summed E-state index contributed by atoms with van der Waals surface area (Å²) in [6.45, 7) is 0. The first-order chi connectivity index (χ1) is 4.33. The highest BCUT2D eigenvalue weighted by molar-refractivity contribution is 4.97. The second kappa shape index (κ2) is 2.87. The molecule has 1 aliphatic carbocycles. The molecule has 0 aromatic heterocycles. The first kappa shape index (κ1) is 6.62. The SMILES string of the molecule is COC1CC=C(O)CC1. The molecule has 1 unspecified atom stereocenters. The van der Waals surface area contributed by atoms with E-state index in [0.29, 0.717) is 11.9 Å². The summed E-state index contributed by atoms with van der Waals surface area (Å²) in [6.07, 6.45) is 4.76. The molecule has 1 rings (SSSR count). The van der Waals surface area contributed by atoms with Crippen LogP contribution in [-0.2, 0) is 4.74 Å². The van der Waals surface area contributed by atoms with Crippen LogP contribution in [0.5, 0.6) is 0 Å². The molecule has 9 heavy (non-hydrogen) atoms. The minimum Gasteiger partial charge on any atom is -0.513 e. The zero-order valence-corrected chi connectivity index (χ0v) is 5.63. The maximum absolute atomic E-state index is 8.93. The van der Waals surface area contributed by atoms with E-state index in [0.717, 1.165) is 19.3 Å². The van der Waals surface area contributed by atoms with Gasteiger partial charge in [0.1, 0.15) is 0 Å². The van der Waals surface area contributed by atoms with Crippen molar-refractivity contribution in [1.29, 1.82) is 0 Å². The van der Waals surface area contributed by atoms with E-state index in [1.807, 2.05) is 6.08 Å². The summed E-state index contributed by atoms with van der Waals surface area (Å²) in [5, 5.41) is 8.93. The fraction of sp³-hybridized carbons (Fsp3) is 0.714. The topological polar surface area (TPSA) is 29.5 Å². The summed E-state index contributed by atoms with van der Waals surface area (Å²) >= 11 is 0. The Bertz CT molecular complexity index is 118. The molecule has 0 saturated carbocycles. The number of methoxy groups -OCH3 is 1. The van der Waals surface area contributed by atoms with Crippen LogP contribution in [0, 0.1) is 0 Å². The number of hydrogen-bond donors (Lipinski definition) is 1. The Balaban J connectivity index is 2.36. The molecule has 2 heteroatoms. The number of aliphatic hydroxyl groups is 1. The third-order valence-electron chi connectivity index (χ3n) is 1.67. The smallest absolute Gasteiger partial charge is 0.0884 e. The van der Waals surface area contributed by atoms with Crippen LogP contribution in [0.15, 0.2) is 11.8 Å². The van der Waals surface area contributed by atoms with Gasteiger partial charge in [-0.15, -0.1) is 0 Å². The zero-order valence-electron chi connectivity index (χ0n) is 5.63. The van der Waals surface area contributed by atoms with Crippen molar-refractivity contribution in [2.24, 2.45) is 0 Å². The minimum absolute atomic E-state index is 0.334. The molecule has 52 valence electrons. The molecular weight excluding hydrogens is 116 g/mol. The van der Waals surface area contributed by atoms with Crippen molar-refractivity contribution in [3.8, 4) is 0 Å². The van der Waals surface area contributed by atoms with Crippen molar-refractivity contribution in [3.63, 3.8) is 0 Å². The zero-order chi connectivity index (χ0) is 6.69. The van der Waals surface area contributed by atoms with Gasteiger partial charge in [-0.05, 0) is 18.9 Å². The molecule has 0 radical (unpaired) electrons. The minimum atomic E-state index is 0.334. The summed E-state index contributed by atoms with van der Waals surface area (Å²) in [4.78, 5) is 0. The summed E-state index contributed by atoms with van der Waals surface area (Å²) in [6, 6.07) is 0. The average Bonchev–Trinajstić information content (AvgIpc) is 1.90. The van der Waals surface area contributed by atoms with Gasteiger partial charge in [0, 0.05) is 13.5 Å². The van der Waals surface area contributed by atoms with Crippen LogP contribution < -0.4 is 0 Å². The summed E-state index contributed by atoms with van der Waals surface area (Å²) in [5.74, 6) is 0.517. The van der Waals surface area contributed by atoms with E-state index in [4.69, 9.17) is 9.84 Å². The van der Waals surface area contributed by atoms with Crippen LogP contribution in [0.3, 0.4) is 0 Å². The summed E-state index contributed by atoms with van der Waals surface area (Å²) in [5.41, 5.74) is 0. The maximum Gasteiger partial charge on any atom is 0.0884 e. The summed E-state index contributed by atoms with van der Waals surface area (Å²) < 4.78 is 5.08. The molecule has 0 spiro atoms. The number of aliphatic hydroxyl groups excluding tert-OH is 1. The molecule has 0 saturated heterocycles. The lowest BCUT2D eigenvalue weighted by atomic mass is 10.0. The third kappa shape index (κ3) is 1.72. The van der Waals surface area contributed by atoms with Gasteiger partial charge >= 0.3 is 0 Å². The van der Waals surface area contributed by atoms with Crippen molar-refractivity contribution >= 4 is 0 Å². The largest absolute Gasteiger partial charge is 0.513 e. The molecule has 1 aliphatic rings. The molecule has 0 bridgehead atoms. The van der Waals surface area contributed by atoms with E-state index in [9.17, 15) is 0 Å². The molecule has 1 atom stereocenters. The van der Waals surface area contributed by atoms with Crippen LogP contribution in [0.2, 0.25) is 0 Å². The van der Waals surface area contributed by atoms with Crippen molar-refractivity contribution in [3.05, 3.63) is 11.8 Å². The van der Waals surface area contributed by atoms with Crippen molar-refractivity contribution in [1.82, 2.24) is 0 Å². The molecule has 2 nitrogen and oxygen atoms in total. The lowest BCUT2D eigenvalue weighted by molar-refractivity contribution is 0.0883. The Morgan fingerprint density at radius 2 is 2.56 bits per heavy atom. The second-order valence-corrected chi connectivity index (χ2v) is 2.33. The molecule has 1 N–H and O–H groups in total. The third-order valence-corrected chi connectivity index (χ3v) is 1.67. The van der Waals surface area contributed by atoms with Gasteiger partial charge < -0.3 is 9.84 Å². The van der Waals surface area contributed by atoms with Gasteiger partial charge in [0.2, 0.25) is 0 Å². The van der Waals surface area contributed by atoms with Crippen molar-refractivity contribution < 1.29 is 9.84 Å². The molecule has 0 aliphatic heterocycles. The Hall–Kier alpha value is -0.500. The van der Waals surface area contributed by atoms with Gasteiger partial charge in [-0.25, -0.2) is 0 Å². The molecular formula is C7H12O2. The van der Waals surface area contributed by atoms with E-state index >= 15 is 0 Å². The predicted octanol–water partition coefficient (Wildman–Crippen LogP) is 1.63. The standard InChI is InChI=1S/C7H12O2/c1-9-7-4-2-6(8)3-5-7/h2,7-8H,3-5H2,1H3. The lowest BCUT2D eigenvalue weighted by Gasteiger charge is -2.16.